The van der Waals surface area contributed by atoms with Crippen LogP contribution in [0.25, 0.3) is 0 Å². The first-order chi connectivity index (χ1) is 5.24. The molecule has 0 radical (unpaired) electrons. The molecule has 1 aromatic rings. The third kappa shape index (κ3) is 1.69. The van der Waals surface area contributed by atoms with Crippen LogP contribution < -0.4 is 5.32 Å². The number of anilines is 1. The molecule has 11 heavy (non-hydrogen) atoms. The molecule has 1 rings (SSSR count). The standard InChI is InChI=1S/C6H4N2O2S/c7-3-4-1-2-11-5(4)8-6(9)10/h1-2,8H,(H,9,10). The van der Waals surface area contributed by atoms with Gasteiger partial charge in [-0.3, -0.25) is 5.32 Å². The van der Waals surface area contributed by atoms with Crippen LogP contribution in [0, 0.1) is 11.3 Å². The van der Waals surface area contributed by atoms with E-state index in [1.807, 2.05) is 6.07 Å². The Hall–Kier alpha value is -1.54. The summed E-state index contributed by atoms with van der Waals surface area (Å²) in [4.78, 5) is 10.1. The highest BCUT2D eigenvalue weighted by molar-refractivity contribution is 7.14. The second-order valence-electron chi connectivity index (χ2n) is 1.71. The van der Waals surface area contributed by atoms with E-state index in [2.05, 4.69) is 5.32 Å². The zero-order chi connectivity index (χ0) is 8.27. The van der Waals surface area contributed by atoms with Crippen LogP contribution >= 0.6 is 11.3 Å². The van der Waals surface area contributed by atoms with Crippen molar-refractivity contribution in [1.29, 1.82) is 5.26 Å². The average Bonchev–Trinajstić information content (AvgIpc) is 2.34. The van der Waals surface area contributed by atoms with Crippen LogP contribution in [0.5, 0.6) is 0 Å². The van der Waals surface area contributed by atoms with Crippen molar-refractivity contribution < 1.29 is 9.90 Å². The highest BCUT2D eigenvalue weighted by atomic mass is 32.1. The van der Waals surface area contributed by atoms with Crippen molar-refractivity contribution in [1.82, 2.24) is 0 Å². The van der Waals surface area contributed by atoms with E-state index in [0.29, 0.717) is 10.6 Å². The fourth-order valence-corrected chi connectivity index (χ4v) is 1.32. The minimum Gasteiger partial charge on any atom is -0.465 e. The van der Waals surface area contributed by atoms with Crippen LogP contribution in [0.1, 0.15) is 5.56 Å². The molecule has 5 heteroatoms. The molecule has 2 N–H and O–H groups in total. The van der Waals surface area contributed by atoms with Crippen LogP contribution in [-0.4, -0.2) is 11.2 Å². The minimum absolute atomic E-state index is 0.359. The van der Waals surface area contributed by atoms with Crippen LogP contribution in [0.15, 0.2) is 11.4 Å². The van der Waals surface area contributed by atoms with E-state index in [0.717, 1.165) is 0 Å². The molecule has 0 unspecified atom stereocenters. The van der Waals surface area contributed by atoms with E-state index in [9.17, 15) is 4.79 Å². The summed E-state index contributed by atoms with van der Waals surface area (Å²) in [6.45, 7) is 0. The first kappa shape index (κ1) is 7.57. The van der Waals surface area contributed by atoms with Crippen molar-refractivity contribution in [2.24, 2.45) is 0 Å². The molecule has 0 spiro atoms. The van der Waals surface area contributed by atoms with Gasteiger partial charge in [-0.2, -0.15) is 5.26 Å². The predicted octanol–water partition coefficient (Wildman–Crippen LogP) is 1.71. The van der Waals surface area contributed by atoms with Crippen molar-refractivity contribution in [3.63, 3.8) is 0 Å². The monoisotopic (exact) mass is 168 g/mol. The lowest BCUT2D eigenvalue weighted by molar-refractivity contribution is 0.210. The Bertz CT molecular complexity index is 313. The Kier molecular flexibility index (Phi) is 2.09. The second kappa shape index (κ2) is 3.03. The second-order valence-corrected chi connectivity index (χ2v) is 2.62. The molecule has 4 nitrogen and oxygen atoms in total. The molecule has 56 valence electrons. The first-order valence-electron chi connectivity index (χ1n) is 2.71. The van der Waals surface area contributed by atoms with Crippen molar-refractivity contribution in [2.75, 3.05) is 5.32 Å². The largest absolute Gasteiger partial charge is 0.465 e. The lowest BCUT2D eigenvalue weighted by Crippen LogP contribution is -2.06. The number of rotatable bonds is 1. The number of hydrogen-bond acceptors (Lipinski definition) is 3. The van der Waals surface area contributed by atoms with E-state index >= 15 is 0 Å². The van der Waals surface area contributed by atoms with E-state index < -0.39 is 6.09 Å². The van der Waals surface area contributed by atoms with Gasteiger partial charge in [-0.25, -0.2) is 4.79 Å². The summed E-state index contributed by atoms with van der Waals surface area (Å²) in [5.41, 5.74) is 0.359. The molecule has 1 aromatic heterocycles. The smallest absolute Gasteiger partial charge is 0.409 e. The molecule has 0 aromatic carbocycles. The lowest BCUT2D eigenvalue weighted by atomic mass is 10.3. The van der Waals surface area contributed by atoms with Gasteiger partial charge in [0.1, 0.15) is 11.1 Å². The van der Waals surface area contributed by atoms with Gasteiger partial charge in [-0.15, -0.1) is 11.3 Å². The topological polar surface area (TPSA) is 73.1 Å². The number of thiophene rings is 1. The van der Waals surface area contributed by atoms with Crippen LogP contribution in [0.2, 0.25) is 0 Å². The zero-order valence-corrected chi connectivity index (χ0v) is 6.18. The highest BCUT2D eigenvalue weighted by Gasteiger charge is 2.04. The molecule has 0 saturated carbocycles. The Morgan fingerprint density at radius 2 is 2.55 bits per heavy atom. The molecule has 0 aliphatic rings. The van der Waals surface area contributed by atoms with Gasteiger partial charge in [-0.05, 0) is 11.4 Å². The van der Waals surface area contributed by atoms with E-state index in [4.69, 9.17) is 10.4 Å². The average molecular weight is 168 g/mol. The van der Waals surface area contributed by atoms with Crippen molar-refractivity contribution in [2.45, 2.75) is 0 Å². The summed E-state index contributed by atoms with van der Waals surface area (Å²) in [5, 5.41) is 20.9. The number of nitrogens with one attached hydrogen (secondary N) is 1. The third-order valence-corrected chi connectivity index (χ3v) is 1.84. The van der Waals surface area contributed by atoms with Crippen molar-refractivity contribution >= 4 is 22.4 Å². The SMILES string of the molecule is N#Cc1ccsc1NC(=O)O. The predicted molar refractivity (Wildman–Crippen MR) is 40.7 cm³/mol. The molecule has 0 atom stereocenters. The maximum atomic E-state index is 10.1. The number of carbonyl (C=O) groups is 1. The van der Waals surface area contributed by atoms with E-state index in [-0.39, 0.29) is 0 Å². The fourth-order valence-electron chi connectivity index (χ4n) is 0.591. The summed E-state index contributed by atoms with van der Waals surface area (Å²) >= 11 is 1.19. The molecule has 0 bridgehead atoms. The highest BCUT2D eigenvalue weighted by Crippen LogP contribution is 2.21. The molecule has 0 aliphatic heterocycles. The Morgan fingerprint density at radius 1 is 1.82 bits per heavy atom. The minimum atomic E-state index is -1.15. The molecule has 0 saturated heterocycles. The summed E-state index contributed by atoms with van der Waals surface area (Å²) < 4.78 is 0. The van der Waals surface area contributed by atoms with Crippen LogP contribution in [0.4, 0.5) is 9.80 Å². The quantitative estimate of drug-likeness (QED) is 0.670. The van der Waals surface area contributed by atoms with Gasteiger partial charge in [0.25, 0.3) is 0 Å². The molecule has 1 amide bonds. The number of nitriles is 1. The number of nitrogens with zero attached hydrogens (tertiary/aromatic N) is 1. The lowest BCUT2D eigenvalue weighted by Gasteiger charge is -1.93. The van der Waals surface area contributed by atoms with Gasteiger partial charge in [0.2, 0.25) is 0 Å². The number of carboxylic acid groups (broad SMARTS) is 1. The van der Waals surface area contributed by atoms with Crippen molar-refractivity contribution in [3.8, 4) is 6.07 Å². The van der Waals surface area contributed by atoms with Gasteiger partial charge < -0.3 is 5.11 Å². The van der Waals surface area contributed by atoms with Gasteiger partial charge in [0.05, 0.1) is 5.56 Å². The molecular formula is C6H4N2O2S. The number of hydrogen-bond donors (Lipinski definition) is 2. The zero-order valence-electron chi connectivity index (χ0n) is 5.37. The van der Waals surface area contributed by atoms with Crippen LogP contribution in [0.3, 0.4) is 0 Å². The molecule has 0 fully saturated rings. The maximum absolute atomic E-state index is 10.1. The fraction of sp³-hybridized carbons (Fsp3) is 0. The summed E-state index contributed by atoms with van der Waals surface area (Å²) in [6.07, 6.45) is -1.15. The third-order valence-electron chi connectivity index (χ3n) is 1.01. The first-order valence-corrected chi connectivity index (χ1v) is 3.59. The number of amides is 1. The molecule has 0 aliphatic carbocycles. The summed E-state index contributed by atoms with van der Waals surface area (Å²) in [5.74, 6) is 0. The summed E-state index contributed by atoms with van der Waals surface area (Å²) in [6, 6.07) is 3.43. The summed E-state index contributed by atoms with van der Waals surface area (Å²) in [7, 11) is 0. The Balaban J connectivity index is 2.87. The van der Waals surface area contributed by atoms with Crippen LogP contribution in [-0.2, 0) is 0 Å². The van der Waals surface area contributed by atoms with E-state index in [1.165, 1.54) is 11.3 Å². The molecule has 1 heterocycles. The van der Waals surface area contributed by atoms with Gasteiger partial charge in [-0.1, -0.05) is 0 Å². The maximum Gasteiger partial charge on any atom is 0.409 e. The van der Waals surface area contributed by atoms with E-state index in [1.54, 1.807) is 11.4 Å². The van der Waals surface area contributed by atoms with Gasteiger partial charge >= 0.3 is 6.09 Å². The molecular weight excluding hydrogens is 164 g/mol. The Morgan fingerprint density at radius 3 is 3.09 bits per heavy atom. The van der Waals surface area contributed by atoms with Gasteiger partial charge in [0, 0.05) is 0 Å². The van der Waals surface area contributed by atoms with Gasteiger partial charge in [0.15, 0.2) is 0 Å². The Labute approximate surface area is 66.7 Å². The van der Waals surface area contributed by atoms with Crippen molar-refractivity contribution in [3.05, 3.63) is 17.0 Å². The normalized spacial score (nSPS) is 8.64.